The maximum atomic E-state index is 10.8. The highest BCUT2D eigenvalue weighted by atomic mass is 16.6. The van der Waals surface area contributed by atoms with E-state index in [4.69, 9.17) is 5.73 Å². The molecular formula is C13H20N4O2. The molecule has 0 amide bonds. The van der Waals surface area contributed by atoms with Crippen molar-refractivity contribution in [1.29, 1.82) is 0 Å². The van der Waals surface area contributed by atoms with Crippen molar-refractivity contribution in [2.45, 2.75) is 45.2 Å². The van der Waals surface area contributed by atoms with Crippen LogP contribution < -0.4 is 10.6 Å². The Balaban J connectivity index is 2.29. The van der Waals surface area contributed by atoms with Gasteiger partial charge in [-0.1, -0.05) is 0 Å². The van der Waals surface area contributed by atoms with Crippen LogP contribution in [0.1, 0.15) is 31.9 Å². The van der Waals surface area contributed by atoms with Crippen molar-refractivity contribution >= 4 is 11.5 Å². The van der Waals surface area contributed by atoms with E-state index >= 15 is 0 Å². The van der Waals surface area contributed by atoms with Gasteiger partial charge in [-0.2, -0.15) is 0 Å². The van der Waals surface area contributed by atoms with Crippen LogP contribution in [0.4, 0.5) is 11.5 Å². The minimum atomic E-state index is -0.397. The Bertz CT molecular complexity index is 476. The number of pyridine rings is 1. The molecule has 1 aliphatic heterocycles. The fraction of sp³-hybridized carbons (Fsp3) is 0.615. The summed E-state index contributed by atoms with van der Waals surface area (Å²) in [5.41, 5.74) is 6.56. The normalized spacial score (nSPS) is 21.2. The molecule has 1 fully saturated rings. The number of hydrogen-bond donors (Lipinski definition) is 1. The Kier molecular flexibility index (Phi) is 3.99. The third-order valence-corrected chi connectivity index (χ3v) is 3.69. The van der Waals surface area contributed by atoms with Gasteiger partial charge < -0.3 is 10.6 Å². The van der Waals surface area contributed by atoms with Gasteiger partial charge in [0.2, 0.25) is 0 Å². The minimum Gasteiger partial charge on any atom is -0.352 e. The molecule has 6 nitrogen and oxygen atoms in total. The molecule has 0 saturated carbocycles. The number of hydrogen-bond acceptors (Lipinski definition) is 5. The second kappa shape index (κ2) is 5.52. The van der Waals surface area contributed by atoms with Crippen LogP contribution in [0.25, 0.3) is 0 Å². The van der Waals surface area contributed by atoms with Gasteiger partial charge >= 0.3 is 0 Å². The average Bonchev–Trinajstić information content (AvgIpc) is 2.38. The van der Waals surface area contributed by atoms with E-state index in [0.29, 0.717) is 5.69 Å². The van der Waals surface area contributed by atoms with Crippen molar-refractivity contribution in [2.24, 2.45) is 5.73 Å². The second-order valence-electron chi connectivity index (χ2n) is 5.15. The lowest BCUT2D eigenvalue weighted by Crippen LogP contribution is -2.49. The summed E-state index contributed by atoms with van der Waals surface area (Å²) in [7, 11) is 0. The van der Waals surface area contributed by atoms with Crippen molar-refractivity contribution in [2.75, 3.05) is 11.4 Å². The van der Waals surface area contributed by atoms with Gasteiger partial charge in [0, 0.05) is 24.7 Å². The first-order valence-corrected chi connectivity index (χ1v) is 6.65. The SMILES string of the molecule is Cc1nc(N2CCCCC2C(C)N)ccc1[N+](=O)[O-]. The number of aryl methyl sites for hydroxylation is 1. The molecule has 0 aromatic carbocycles. The predicted molar refractivity (Wildman–Crippen MR) is 74.3 cm³/mol. The first-order chi connectivity index (χ1) is 9.00. The molecule has 19 heavy (non-hydrogen) atoms. The van der Waals surface area contributed by atoms with Crippen LogP contribution >= 0.6 is 0 Å². The number of rotatable bonds is 3. The smallest absolute Gasteiger partial charge is 0.290 e. The number of nitro groups is 1. The van der Waals surface area contributed by atoms with Gasteiger partial charge in [-0.05, 0) is 39.2 Å². The van der Waals surface area contributed by atoms with Crippen LogP contribution in [0.5, 0.6) is 0 Å². The van der Waals surface area contributed by atoms with Crippen molar-refractivity contribution in [3.63, 3.8) is 0 Å². The summed E-state index contributed by atoms with van der Waals surface area (Å²) in [5, 5.41) is 10.8. The van der Waals surface area contributed by atoms with Crippen LogP contribution in [-0.2, 0) is 0 Å². The average molecular weight is 264 g/mol. The summed E-state index contributed by atoms with van der Waals surface area (Å²) in [6.07, 6.45) is 3.34. The summed E-state index contributed by atoms with van der Waals surface area (Å²) in [6.45, 7) is 4.59. The molecule has 0 aliphatic carbocycles. The van der Waals surface area contributed by atoms with Crippen molar-refractivity contribution < 1.29 is 4.92 Å². The highest BCUT2D eigenvalue weighted by molar-refractivity contribution is 5.48. The molecule has 2 unspecified atom stereocenters. The molecule has 1 aromatic rings. The maximum Gasteiger partial charge on any atom is 0.290 e. The molecule has 2 N–H and O–H groups in total. The number of anilines is 1. The number of nitrogens with zero attached hydrogens (tertiary/aromatic N) is 3. The van der Waals surface area contributed by atoms with Gasteiger partial charge in [-0.3, -0.25) is 10.1 Å². The number of piperidine rings is 1. The van der Waals surface area contributed by atoms with E-state index in [9.17, 15) is 10.1 Å². The Hall–Kier alpha value is -1.69. The van der Waals surface area contributed by atoms with E-state index in [-0.39, 0.29) is 17.8 Å². The molecule has 0 bridgehead atoms. The molecule has 2 rings (SSSR count). The number of nitrogens with two attached hydrogens (primary N) is 1. The molecule has 6 heteroatoms. The van der Waals surface area contributed by atoms with E-state index in [1.165, 1.54) is 12.5 Å². The second-order valence-corrected chi connectivity index (χ2v) is 5.15. The summed E-state index contributed by atoms with van der Waals surface area (Å²) < 4.78 is 0. The standard InChI is InChI=1S/C13H20N4O2/c1-9(14)11-5-3-4-8-16(11)13-7-6-12(17(18)19)10(2)15-13/h6-7,9,11H,3-5,8,14H2,1-2H3. The summed E-state index contributed by atoms with van der Waals surface area (Å²) in [5.74, 6) is 0.796. The van der Waals surface area contributed by atoms with Crippen molar-refractivity contribution in [3.05, 3.63) is 27.9 Å². The molecule has 1 aromatic heterocycles. The molecule has 104 valence electrons. The van der Waals surface area contributed by atoms with Crippen LogP contribution in [0.15, 0.2) is 12.1 Å². The van der Waals surface area contributed by atoms with Crippen molar-refractivity contribution in [1.82, 2.24) is 4.98 Å². The van der Waals surface area contributed by atoms with Gasteiger partial charge in [0.1, 0.15) is 11.5 Å². The molecule has 1 aliphatic rings. The summed E-state index contributed by atoms with van der Waals surface area (Å²) in [4.78, 5) is 17.0. The Morgan fingerprint density at radius 2 is 2.26 bits per heavy atom. The van der Waals surface area contributed by atoms with Crippen molar-refractivity contribution in [3.8, 4) is 0 Å². The van der Waals surface area contributed by atoms with Crippen LogP contribution in [0.2, 0.25) is 0 Å². The predicted octanol–water partition coefficient (Wildman–Crippen LogP) is 2.00. The van der Waals surface area contributed by atoms with E-state index in [1.54, 1.807) is 13.0 Å². The number of aromatic nitrogens is 1. The molecule has 0 spiro atoms. The zero-order valence-electron chi connectivity index (χ0n) is 11.4. The first-order valence-electron chi connectivity index (χ1n) is 6.65. The largest absolute Gasteiger partial charge is 0.352 e. The zero-order chi connectivity index (χ0) is 14.0. The zero-order valence-corrected chi connectivity index (χ0v) is 11.4. The fourth-order valence-electron chi connectivity index (χ4n) is 2.68. The van der Waals surface area contributed by atoms with Crippen LogP contribution in [-0.4, -0.2) is 28.5 Å². The third-order valence-electron chi connectivity index (χ3n) is 3.69. The van der Waals surface area contributed by atoms with Gasteiger partial charge in [0.25, 0.3) is 5.69 Å². The third kappa shape index (κ3) is 2.84. The summed E-state index contributed by atoms with van der Waals surface area (Å²) in [6, 6.07) is 3.59. The first kappa shape index (κ1) is 13.7. The highest BCUT2D eigenvalue weighted by Crippen LogP contribution is 2.27. The van der Waals surface area contributed by atoms with E-state index in [2.05, 4.69) is 9.88 Å². The monoisotopic (exact) mass is 264 g/mol. The highest BCUT2D eigenvalue weighted by Gasteiger charge is 2.27. The lowest BCUT2D eigenvalue weighted by molar-refractivity contribution is -0.385. The van der Waals surface area contributed by atoms with Crippen LogP contribution in [0, 0.1) is 17.0 Å². The molecular weight excluding hydrogens is 244 g/mol. The van der Waals surface area contributed by atoms with Gasteiger partial charge in [-0.25, -0.2) is 4.98 Å². The quantitative estimate of drug-likeness (QED) is 0.666. The molecule has 1 saturated heterocycles. The van der Waals surface area contributed by atoms with Gasteiger partial charge in [0.05, 0.1) is 4.92 Å². The molecule has 2 atom stereocenters. The minimum absolute atomic E-state index is 0.0672. The van der Waals surface area contributed by atoms with Crippen LogP contribution in [0.3, 0.4) is 0 Å². The van der Waals surface area contributed by atoms with E-state index < -0.39 is 4.92 Å². The lowest BCUT2D eigenvalue weighted by Gasteiger charge is -2.39. The van der Waals surface area contributed by atoms with E-state index in [1.807, 2.05) is 6.92 Å². The topological polar surface area (TPSA) is 85.3 Å². The fourth-order valence-corrected chi connectivity index (χ4v) is 2.68. The summed E-state index contributed by atoms with van der Waals surface area (Å²) >= 11 is 0. The molecule has 0 radical (unpaired) electrons. The Morgan fingerprint density at radius 1 is 1.53 bits per heavy atom. The van der Waals surface area contributed by atoms with E-state index in [0.717, 1.165) is 25.2 Å². The van der Waals surface area contributed by atoms with Gasteiger partial charge in [-0.15, -0.1) is 0 Å². The Labute approximate surface area is 112 Å². The Morgan fingerprint density at radius 3 is 2.84 bits per heavy atom. The lowest BCUT2D eigenvalue weighted by atomic mass is 9.97. The molecule has 2 heterocycles. The van der Waals surface area contributed by atoms with Gasteiger partial charge in [0.15, 0.2) is 0 Å². The maximum absolute atomic E-state index is 10.8.